The van der Waals surface area contributed by atoms with Crippen LogP contribution in [0.3, 0.4) is 0 Å². The number of hydrogen-bond donors (Lipinski definition) is 1. The van der Waals surface area contributed by atoms with Gasteiger partial charge >= 0.3 is 5.97 Å². The maximum absolute atomic E-state index is 12.8. The maximum Gasteiger partial charge on any atom is 0.352 e. The first-order valence-corrected chi connectivity index (χ1v) is 8.82. The van der Waals surface area contributed by atoms with Gasteiger partial charge in [-0.3, -0.25) is 0 Å². The number of carboxylic acids is 1. The van der Waals surface area contributed by atoms with E-state index in [1.165, 1.54) is 16.8 Å². The van der Waals surface area contributed by atoms with Crippen molar-refractivity contribution < 1.29 is 18.3 Å². The quantitative estimate of drug-likeness (QED) is 0.832. The van der Waals surface area contributed by atoms with Crippen molar-refractivity contribution in [2.75, 3.05) is 6.54 Å². The highest BCUT2D eigenvalue weighted by Gasteiger charge is 2.41. The molecule has 7 heteroatoms. The van der Waals surface area contributed by atoms with Crippen LogP contribution in [0, 0.1) is 5.92 Å². The Hall–Kier alpha value is -1.34. The molecule has 0 bridgehead atoms. The zero-order valence-electron chi connectivity index (χ0n) is 12.0. The van der Waals surface area contributed by atoms with E-state index in [1.807, 2.05) is 0 Å². The minimum atomic E-state index is -3.59. The van der Waals surface area contributed by atoms with Gasteiger partial charge in [0.2, 0.25) is 10.0 Å². The van der Waals surface area contributed by atoms with Crippen LogP contribution in [0.25, 0.3) is 0 Å². The van der Waals surface area contributed by atoms with Gasteiger partial charge in [-0.2, -0.15) is 4.31 Å². The largest absolute Gasteiger partial charge is 0.477 e. The third-order valence-electron chi connectivity index (χ3n) is 4.13. The van der Waals surface area contributed by atoms with Crippen LogP contribution in [0.5, 0.6) is 0 Å². The number of sulfonamides is 1. The Balaban J connectivity index is 1.94. The molecule has 3 rings (SSSR count). The van der Waals surface area contributed by atoms with Crippen molar-refractivity contribution in [1.82, 2.24) is 8.87 Å². The van der Waals surface area contributed by atoms with Gasteiger partial charge in [-0.1, -0.05) is 0 Å². The summed E-state index contributed by atoms with van der Waals surface area (Å²) < 4.78 is 28.7. The van der Waals surface area contributed by atoms with Gasteiger partial charge in [0.1, 0.15) is 10.6 Å². The van der Waals surface area contributed by atoms with Crippen molar-refractivity contribution in [2.24, 2.45) is 5.92 Å². The van der Waals surface area contributed by atoms with Gasteiger partial charge in [0.15, 0.2) is 0 Å². The van der Waals surface area contributed by atoms with E-state index >= 15 is 0 Å². The monoisotopic (exact) mass is 312 g/mol. The molecule has 116 valence electrons. The van der Waals surface area contributed by atoms with Crippen molar-refractivity contribution in [3.05, 3.63) is 18.0 Å². The molecule has 2 fully saturated rings. The Bertz CT molecular complexity index is 657. The molecule has 0 spiro atoms. The molecule has 2 aliphatic rings. The number of aromatic nitrogens is 1. The topological polar surface area (TPSA) is 79.6 Å². The first-order chi connectivity index (χ1) is 9.93. The van der Waals surface area contributed by atoms with Crippen LogP contribution in [-0.2, 0) is 16.6 Å². The Kier molecular flexibility index (Phi) is 3.57. The first kappa shape index (κ1) is 14.6. The smallest absolute Gasteiger partial charge is 0.352 e. The Morgan fingerprint density at radius 1 is 1.38 bits per heavy atom. The summed E-state index contributed by atoms with van der Waals surface area (Å²) in [5, 5.41) is 9.16. The molecule has 0 saturated heterocycles. The van der Waals surface area contributed by atoms with Gasteiger partial charge in [0.05, 0.1) is 0 Å². The van der Waals surface area contributed by atoms with E-state index in [0.29, 0.717) is 19.0 Å². The minimum absolute atomic E-state index is 0.0262. The molecule has 1 heterocycles. The summed E-state index contributed by atoms with van der Waals surface area (Å²) in [7, 11) is -3.59. The van der Waals surface area contributed by atoms with Crippen molar-refractivity contribution in [3.8, 4) is 0 Å². The molecule has 0 aliphatic heterocycles. The van der Waals surface area contributed by atoms with Crippen molar-refractivity contribution in [1.29, 1.82) is 0 Å². The van der Waals surface area contributed by atoms with E-state index in [1.54, 1.807) is 11.2 Å². The van der Waals surface area contributed by atoms with Gasteiger partial charge in [-0.15, -0.1) is 0 Å². The zero-order chi connectivity index (χ0) is 15.2. The second-order valence-electron chi connectivity index (χ2n) is 5.90. The molecule has 2 saturated carbocycles. The summed E-state index contributed by atoms with van der Waals surface area (Å²) in [6.45, 7) is 2.81. The van der Waals surface area contributed by atoms with Gasteiger partial charge < -0.3 is 9.67 Å². The Morgan fingerprint density at radius 3 is 2.48 bits per heavy atom. The lowest BCUT2D eigenvalue weighted by molar-refractivity contribution is 0.0685. The highest BCUT2D eigenvalue weighted by atomic mass is 32.2. The van der Waals surface area contributed by atoms with Crippen LogP contribution in [-0.4, -0.2) is 41.0 Å². The normalized spacial score (nSPS) is 19.1. The highest BCUT2D eigenvalue weighted by Crippen LogP contribution is 2.38. The molecular weight excluding hydrogens is 292 g/mol. The molecular formula is C14H20N2O4S. The zero-order valence-corrected chi connectivity index (χ0v) is 12.8. The number of hydrogen-bond acceptors (Lipinski definition) is 3. The summed E-state index contributed by atoms with van der Waals surface area (Å²) in [6.07, 6.45) is 5.45. The summed E-state index contributed by atoms with van der Waals surface area (Å²) in [4.78, 5) is 11.3. The molecule has 21 heavy (non-hydrogen) atoms. The second-order valence-corrected chi connectivity index (χ2v) is 7.79. The summed E-state index contributed by atoms with van der Waals surface area (Å²) in [5.41, 5.74) is 0.0262. The number of aromatic carboxylic acids is 1. The molecule has 0 unspecified atom stereocenters. The SMILES string of the molecule is CCn1cc(S(=O)(=O)N(CC2CC2)C2CC2)cc1C(=O)O. The van der Waals surface area contributed by atoms with Crippen LogP contribution in [0.4, 0.5) is 0 Å². The fourth-order valence-corrected chi connectivity index (χ4v) is 4.36. The van der Waals surface area contributed by atoms with Crippen molar-refractivity contribution in [2.45, 2.75) is 50.1 Å². The number of aryl methyl sites for hydroxylation is 1. The average molecular weight is 312 g/mol. The maximum atomic E-state index is 12.8. The molecule has 0 atom stereocenters. The summed E-state index contributed by atoms with van der Waals surface area (Å²) in [5.74, 6) is -0.619. The molecule has 0 aromatic carbocycles. The fourth-order valence-electron chi connectivity index (χ4n) is 2.56. The number of carbonyl (C=O) groups is 1. The van der Waals surface area contributed by atoms with E-state index in [2.05, 4.69) is 0 Å². The third-order valence-corrected chi connectivity index (χ3v) is 6.01. The summed E-state index contributed by atoms with van der Waals surface area (Å²) >= 11 is 0. The minimum Gasteiger partial charge on any atom is -0.477 e. The lowest BCUT2D eigenvalue weighted by Crippen LogP contribution is -2.34. The second kappa shape index (κ2) is 5.14. The van der Waals surface area contributed by atoms with Crippen LogP contribution in [0.2, 0.25) is 0 Å². The number of carboxylic acid groups (broad SMARTS) is 1. The first-order valence-electron chi connectivity index (χ1n) is 7.38. The number of nitrogens with zero attached hydrogens (tertiary/aromatic N) is 2. The number of rotatable bonds is 7. The molecule has 1 N–H and O–H groups in total. The van der Waals surface area contributed by atoms with E-state index < -0.39 is 16.0 Å². The van der Waals surface area contributed by atoms with Gasteiger partial charge in [0.25, 0.3) is 0 Å². The van der Waals surface area contributed by atoms with Gasteiger partial charge in [0, 0.05) is 25.3 Å². The predicted octanol–water partition coefficient (Wildman–Crippen LogP) is 1.77. The molecule has 2 aliphatic carbocycles. The van der Waals surface area contributed by atoms with Crippen LogP contribution in [0.1, 0.15) is 43.1 Å². The third kappa shape index (κ3) is 2.85. The van der Waals surface area contributed by atoms with Crippen LogP contribution in [0.15, 0.2) is 17.2 Å². The van der Waals surface area contributed by atoms with Crippen LogP contribution < -0.4 is 0 Å². The lowest BCUT2D eigenvalue weighted by Gasteiger charge is -2.20. The predicted molar refractivity (Wildman–Crippen MR) is 76.7 cm³/mol. The van der Waals surface area contributed by atoms with Gasteiger partial charge in [-0.05, 0) is 44.6 Å². The highest BCUT2D eigenvalue weighted by molar-refractivity contribution is 7.89. The standard InChI is InChI=1S/C14H20N2O4S/c1-2-15-9-12(7-13(15)14(17)18)21(19,20)16(11-5-6-11)8-10-3-4-10/h7,9-11H,2-6,8H2,1H3,(H,17,18). The average Bonchev–Trinajstić information content (AvgIpc) is 3.33. The van der Waals surface area contributed by atoms with Crippen molar-refractivity contribution in [3.63, 3.8) is 0 Å². The molecule has 1 aromatic heterocycles. The molecule has 0 radical (unpaired) electrons. The lowest BCUT2D eigenvalue weighted by atomic mass is 10.4. The van der Waals surface area contributed by atoms with Gasteiger partial charge in [-0.25, -0.2) is 13.2 Å². The van der Waals surface area contributed by atoms with E-state index in [4.69, 9.17) is 5.11 Å². The van der Waals surface area contributed by atoms with E-state index in [-0.39, 0.29) is 16.6 Å². The van der Waals surface area contributed by atoms with Crippen LogP contribution >= 0.6 is 0 Å². The van der Waals surface area contributed by atoms with Crippen molar-refractivity contribution >= 4 is 16.0 Å². The Labute approximate surface area is 124 Å². The Morgan fingerprint density at radius 2 is 2.05 bits per heavy atom. The summed E-state index contributed by atoms with van der Waals surface area (Å²) in [6, 6.07) is 1.39. The fraction of sp³-hybridized carbons (Fsp3) is 0.643. The molecule has 1 aromatic rings. The van der Waals surface area contributed by atoms with E-state index in [0.717, 1.165) is 25.7 Å². The molecule has 0 amide bonds. The van der Waals surface area contributed by atoms with E-state index in [9.17, 15) is 13.2 Å². The molecule has 6 nitrogen and oxygen atoms in total.